The highest BCUT2D eigenvalue weighted by Gasteiger charge is 2.01. The van der Waals surface area contributed by atoms with Crippen LogP contribution in [0, 0.1) is 0 Å². The van der Waals surface area contributed by atoms with Gasteiger partial charge >= 0.3 is 0 Å². The highest BCUT2D eigenvalue weighted by atomic mass is 35.5. The normalized spacial score (nSPS) is 10.7. The van der Waals surface area contributed by atoms with E-state index in [9.17, 15) is 0 Å². The van der Waals surface area contributed by atoms with Crippen LogP contribution in [-0.2, 0) is 6.54 Å². The largest absolute Gasteiger partial charge is 0.494 e. The van der Waals surface area contributed by atoms with Crippen LogP contribution in [-0.4, -0.2) is 50.6 Å². The van der Waals surface area contributed by atoms with E-state index >= 15 is 0 Å². The molecule has 1 aromatic carbocycles. The Morgan fingerprint density at radius 3 is 2.20 bits per heavy atom. The van der Waals surface area contributed by atoms with Crippen LogP contribution in [0.2, 0.25) is 0 Å². The number of ether oxygens (including phenoxy) is 1. The molecular formula is C16H29ClN2O. The van der Waals surface area contributed by atoms with Gasteiger partial charge in [0.05, 0.1) is 6.61 Å². The van der Waals surface area contributed by atoms with Crippen molar-refractivity contribution in [3.8, 4) is 5.75 Å². The Hall–Kier alpha value is -0.770. The molecule has 1 aromatic rings. The van der Waals surface area contributed by atoms with Crippen LogP contribution in [0.5, 0.6) is 5.75 Å². The van der Waals surface area contributed by atoms with Crippen molar-refractivity contribution >= 4 is 12.4 Å². The third-order valence-electron chi connectivity index (χ3n) is 3.07. The lowest BCUT2D eigenvalue weighted by Crippen LogP contribution is -2.28. The van der Waals surface area contributed by atoms with Crippen molar-refractivity contribution < 1.29 is 4.74 Å². The monoisotopic (exact) mass is 300 g/mol. The maximum absolute atomic E-state index is 5.67. The van der Waals surface area contributed by atoms with E-state index in [1.165, 1.54) is 12.0 Å². The van der Waals surface area contributed by atoms with E-state index in [-0.39, 0.29) is 12.4 Å². The zero-order valence-electron chi connectivity index (χ0n) is 13.3. The number of likely N-dealkylation sites (N-methyl/N-ethyl adjacent to an activating group) is 2. The van der Waals surface area contributed by atoms with Crippen molar-refractivity contribution in [2.24, 2.45) is 0 Å². The Morgan fingerprint density at radius 2 is 1.65 bits per heavy atom. The number of rotatable bonds is 9. The zero-order valence-corrected chi connectivity index (χ0v) is 14.1. The van der Waals surface area contributed by atoms with E-state index in [2.05, 4.69) is 62.1 Å². The Kier molecular flexibility index (Phi) is 10.5. The summed E-state index contributed by atoms with van der Waals surface area (Å²) < 4.78 is 5.67. The minimum absolute atomic E-state index is 0. The second-order valence-corrected chi connectivity index (χ2v) is 5.39. The first-order valence-electron chi connectivity index (χ1n) is 7.17. The summed E-state index contributed by atoms with van der Waals surface area (Å²) >= 11 is 0. The summed E-state index contributed by atoms with van der Waals surface area (Å²) in [6.07, 6.45) is 2.30. The molecule has 0 fully saturated rings. The maximum atomic E-state index is 5.67. The molecule has 0 saturated heterocycles. The van der Waals surface area contributed by atoms with Crippen molar-refractivity contribution in [3.05, 3.63) is 29.8 Å². The van der Waals surface area contributed by atoms with Crippen molar-refractivity contribution in [1.29, 1.82) is 0 Å². The molecule has 0 amide bonds. The first-order valence-corrected chi connectivity index (χ1v) is 7.17. The quantitative estimate of drug-likeness (QED) is 0.651. The summed E-state index contributed by atoms with van der Waals surface area (Å²) in [6.45, 7) is 6.16. The van der Waals surface area contributed by atoms with Crippen LogP contribution < -0.4 is 4.74 Å². The van der Waals surface area contributed by atoms with Gasteiger partial charge in [-0.3, -0.25) is 0 Å². The molecule has 0 aromatic heterocycles. The van der Waals surface area contributed by atoms with E-state index in [1.54, 1.807) is 0 Å². The summed E-state index contributed by atoms with van der Waals surface area (Å²) in [5.41, 5.74) is 1.34. The number of unbranched alkanes of at least 4 members (excludes halogenated alkanes) is 1. The minimum Gasteiger partial charge on any atom is -0.494 e. The molecule has 20 heavy (non-hydrogen) atoms. The van der Waals surface area contributed by atoms with Gasteiger partial charge < -0.3 is 14.5 Å². The third kappa shape index (κ3) is 8.41. The molecule has 0 aliphatic carbocycles. The number of benzene rings is 1. The lowest BCUT2D eigenvalue weighted by atomic mass is 10.2. The van der Waals surface area contributed by atoms with Crippen molar-refractivity contribution in [3.63, 3.8) is 0 Å². The summed E-state index contributed by atoms with van der Waals surface area (Å²) in [5, 5.41) is 0. The Bertz CT molecular complexity index is 341. The van der Waals surface area contributed by atoms with Gasteiger partial charge in [-0.2, -0.15) is 0 Å². The highest BCUT2D eigenvalue weighted by Crippen LogP contribution is 2.13. The summed E-state index contributed by atoms with van der Waals surface area (Å²) in [5.74, 6) is 0.980. The Balaban J connectivity index is 0.00000361. The fourth-order valence-electron chi connectivity index (χ4n) is 1.79. The highest BCUT2D eigenvalue weighted by molar-refractivity contribution is 5.85. The molecule has 0 saturated carbocycles. The molecule has 0 atom stereocenters. The number of halogens is 1. The summed E-state index contributed by atoms with van der Waals surface area (Å²) in [6, 6.07) is 8.47. The van der Waals surface area contributed by atoms with Crippen molar-refractivity contribution in [2.45, 2.75) is 26.3 Å². The zero-order chi connectivity index (χ0) is 14.1. The standard InChI is InChI=1S/C16H28N2O.ClH/c1-5-6-13-19-16-9-7-15(8-10-16)14-18(4)12-11-17(2)3;/h7-10H,5-6,11-14H2,1-4H3;1H. The molecule has 4 heteroatoms. The van der Waals surface area contributed by atoms with Crippen LogP contribution in [0.1, 0.15) is 25.3 Å². The van der Waals surface area contributed by atoms with Gasteiger partial charge in [0.1, 0.15) is 5.75 Å². The molecule has 0 aliphatic rings. The van der Waals surface area contributed by atoms with Crippen LogP contribution in [0.4, 0.5) is 0 Å². The van der Waals surface area contributed by atoms with Crippen LogP contribution in [0.15, 0.2) is 24.3 Å². The molecule has 0 unspecified atom stereocenters. The molecular weight excluding hydrogens is 272 g/mol. The third-order valence-corrected chi connectivity index (χ3v) is 3.07. The van der Waals surface area contributed by atoms with E-state index in [4.69, 9.17) is 4.74 Å². The van der Waals surface area contributed by atoms with Crippen LogP contribution in [0.3, 0.4) is 0 Å². The van der Waals surface area contributed by atoms with Gasteiger partial charge in [-0.1, -0.05) is 25.5 Å². The fraction of sp³-hybridized carbons (Fsp3) is 0.625. The Morgan fingerprint density at radius 1 is 1.00 bits per heavy atom. The maximum Gasteiger partial charge on any atom is 0.119 e. The fourth-order valence-corrected chi connectivity index (χ4v) is 1.79. The van der Waals surface area contributed by atoms with Crippen LogP contribution in [0.25, 0.3) is 0 Å². The van der Waals surface area contributed by atoms with Crippen molar-refractivity contribution in [2.75, 3.05) is 40.8 Å². The lowest BCUT2D eigenvalue weighted by Gasteiger charge is -2.19. The first-order chi connectivity index (χ1) is 9.11. The first kappa shape index (κ1) is 19.2. The molecule has 0 N–H and O–H groups in total. The van der Waals surface area contributed by atoms with Gasteiger partial charge in [0.25, 0.3) is 0 Å². The second kappa shape index (κ2) is 11.0. The van der Waals surface area contributed by atoms with Gasteiger partial charge in [0.2, 0.25) is 0 Å². The predicted molar refractivity (Wildman–Crippen MR) is 89.0 cm³/mol. The average molecular weight is 301 g/mol. The smallest absolute Gasteiger partial charge is 0.119 e. The molecule has 0 heterocycles. The minimum atomic E-state index is 0. The van der Waals surface area contributed by atoms with E-state index in [0.29, 0.717) is 0 Å². The van der Waals surface area contributed by atoms with Gasteiger partial charge in [-0.25, -0.2) is 0 Å². The van der Waals surface area contributed by atoms with Crippen LogP contribution >= 0.6 is 12.4 Å². The van der Waals surface area contributed by atoms with Gasteiger partial charge in [0.15, 0.2) is 0 Å². The van der Waals surface area contributed by atoms with Gasteiger partial charge in [-0.15, -0.1) is 12.4 Å². The molecule has 0 spiro atoms. The van der Waals surface area contributed by atoms with Gasteiger partial charge in [0, 0.05) is 19.6 Å². The molecule has 3 nitrogen and oxygen atoms in total. The number of hydrogen-bond acceptors (Lipinski definition) is 3. The summed E-state index contributed by atoms with van der Waals surface area (Å²) in [7, 11) is 6.38. The lowest BCUT2D eigenvalue weighted by molar-refractivity contribution is 0.276. The molecule has 0 radical (unpaired) electrons. The molecule has 0 aliphatic heterocycles. The van der Waals surface area contributed by atoms with Crippen molar-refractivity contribution in [1.82, 2.24) is 9.80 Å². The number of hydrogen-bond donors (Lipinski definition) is 0. The second-order valence-electron chi connectivity index (χ2n) is 5.39. The van der Waals surface area contributed by atoms with Gasteiger partial charge in [-0.05, 0) is 45.3 Å². The Labute approximate surface area is 130 Å². The predicted octanol–water partition coefficient (Wildman–Crippen LogP) is 3.28. The SMILES string of the molecule is CCCCOc1ccc(CN(C)CCN(C)C)cc1.Cl. The molecule has 0 bridgehead atoms. The number of nitrogens with zero attached hydrogens (tertiary/aromatic N) is 2. The summed E-state index contributed by atoms with van der Waals surface area (Å²) in [4.78, 5) is 4.55. The average Bonchev–Trinajstić information content (AvgIpc) is 2.39. The van der Waals surface area contributed by atoms with E-state index < -0.39 is 0 Å². The van der Waals surface area contributed by atoms with E-state index in [1.807, 2.05) is 0 Å². The molecule has 116 valence electrons. The topological polar surface area (TPSA) is 15.7 Å². The molecule has 1 rings (SSSR count). The van der Waals surface area contributed by atoms with E-state index in [0.717, 1.165) is 38.4 Å².